The van der Waals surface area contributed by atoms with Gasteiger partial charge in [0.05, 0.1) is 0 Å². The van der Waals surface area contributed by atoms with E-state index in [2.05, 4.69) is 4.72 Å². The lowest BCUT2D eigenvalue weighted by Gasteiger charge is -2.08. The summed E-state index contributed by atoms with van der Waals surface area (Å²) in [6.07, 6.45) is -4.37. The SMILES string of the molecule is O=CNSCc1ccc(NC(=O)C(F)(F)F)cc1. The van der Waals surface area contributed by atoms with Crippen LogP contribution in [0.5, 0.6) is 0 Å². The van der Waals surface area contributed by atoms with Gasteiger partial charge in [-0.1, -0.05) is 12.1 Å². The number of carbonyl (C=O) groups is 2. The van der Waals surface area contributed by atoms with Crippen LogP contribution in [0, 0.1) is 0 Å². The number of benzene rings is 1. The van der Waals surface area contributed by atoms with Gasteiger partial charge in [0.15, 0.2) is 0 Å². The van der Waals surface area contributed by atoms with E-state index in [-0.39, 0.29) is 5.69 Å². The fourth-order valence-electron chi connectivity index (χ4n) is 1.05. The molecule has 1 aromatic carbocycles. The minimum atomic E-state index is -4.90. The quantitative estimate of drug-likeness (QED) is 0.492. The fraction of sp³-hybridized carbons (Fsp3) is 0.200. The first-order chi connectivity index (χ1) is 8.43. The number of amides is 2. The Balaban J connectivity index is 2.55. The van der Waals surface area contributed by atoms with Crippen LogP contribution in [0.2, 0.25) is 0 Å². The van der Waals surface area contributed by atoms with Crippen molar-refractivity contribution in [3.8, 4) is 0 Å². The summed E-state index contributed by atoms with van der Waals surface area (Å²) in [5.41, 5.74) is 0.869. The summed E-state index contributed by atoms with van der Waals surface area (Å²) in [6.45, 7) is 0. The highest BCUT2D eigenvalue weighted by atomic mass is 32.2. The minimum Gasteiger partial charge on any atom is -0.318 e. The third-order valence-corrected chi connectivity index (χ3v) is 2.58. The largest absolute Gasteiger partial charge is 0.471 e. The summed E-state index contributed by atoms with van der Waals surface area (Å²) in [7, 11) is 0. The predicted molar refractivity (Wildman–Crippen MR) is 61.6 cm³/mol. The Kier molecular flexibility index (Phi) is 5.02. The van der Waals surface area contributed by atoms with Gasteiger partial charge in [-0.25, -0.2) is 0 Å². The Hall–Kier alpha value is -1.70. The molecule has 0 saturated carbocycles. The molecule has 1 rings (SSSR count). The van der Waals surface area contributed by atoms with Crippen molar-refractivity contribution in [3.63, 3.8) is 0 Å². The number of anilines is 1. The molecule has 4 nitrogen and oxygen atoms in total. The highest BCUT2D eigenvalue weighted by Crippen LogP contribution is 2.19. The van der Waals surface area contributed by atoms with Crippen LogP contribution in [0.1, 0.15) is 5.56 Å². The van der Waals surface area contributed by atoms with Gasteiger partial charge >= 0.3 is 12.1 Å². The van der Waals surface area contributed by atoms with Crippen LogP contribution in [-0.2, 0) is 15.3 Å². The second-order valence-electron chi connectivity index (χ2n) is 3.17. The van der Waals surface area contributed by atoms with E-state index in [0.29, 0.717) is 12.2 Å². The highest BCUT2D eigenvalue weighted by molar-refractivity contribution is 7.97. The average molecular weight is 278 g/mol. The number of nitrogens with one attached hydrogen (secondary N) is 2. The molecule has 0 saturated heterocycles. The summed E-state index contributed by atoms with van der Waals surface area (Å²) in [4.78, 5) is 20.6. The van der Waals surface area contributed by atoms with E-state index in [1.54, 1.807) is 17.4 Å². The zero-order chi connectivity index (χ0) is 13.6. The van der Waals surface area contributed by atoms with Gasteiger partial charge in [-0.15, -0.1) is 0 Å². The molecule has 0 heterocycles. The molecule has 18 heavy (non-hydrogen) atoms. The maximum atomic E-state index is 12.0. The number of halogens is 3. The summed E-state index contributed by atoms with van der Waals surface area (Å²) in [5, 5.41) is 1.73. The third kappa shape index (κ3) is 4.66. The first-order valence-electron chi connectivity index (χ1n) is 4.71. The third-order valence-electron chi connectivity index (χ3n) is 1.84. The molecule has 0 radical (unpaired) electrons. The molecule has 2 amide bonds. The first-order valence-corrected chi connectivity index (χ1v) is 5.70. The Bertz CT molecular complexity index is 420. The molecule has 0 aromatic heterocycles. The Morgan fingerprint density at radius 3 is 2.39 bits per heavy atom. The van der Waals surface area contributed by atoms with E-state index in [0.717, 1.165) is 17.5 Å². The van der Waals surface area contributed by atoms with E-state index in [1.807, 2.05) is 0 Å². The first kappa shape index (κ1) is 14.4. The number of alkyl halides is 3. The lowest BCUT2D eigenvalue weighted by Crippen LogP contribution is -2.29. The van der Waals surface area contributed by atoms with Gasteiger partial charge in [-0.05, 0) is 29.6 Å². The van der Waals surface area contributed by atoms with Crippen LogP contribution in [0.4, 0.5) is 18.9 Å². The molecular formula is C10H9F3N2O2S. The van der Waals surface area contributed by atoms with Gasteiger partial charge in [-0.2, -0.15) is 13.2 Å². The van der Waals surface area contributed by atoms with Gasteiger partial charge in [0, 0.05) is 11.4 Å². The van der Waals surface area contributed by atoms with E-state index in [1.165, 1.54) is 12.1 Å². The summed E-state index contributed by atoms with van der Waals surface area (Å²) < 4.78 is 38.3. The van der Waals surface area contributed by atoms with Crippen molar-refractivity contribution in [1.82, 2.24) is 4.72 Å². The highest BCUT2D eigenvalue weighted by Gasteiger charge is 2.38. The molecule has 0 unspecified atom stereocenters. The fourth-order valence-corrected chi connectivity index (χ4v) is 1.56. The summed E-state index contributed by atoms with van der Waals surface area (Å²) >= 11 is 1.14. The van der Waals surface area contributed by atoms with Gasteiger partial charge in [0.2, 0.25) is 6.41 Å². The van der Waals surface area contributed by atoms with Crippen molar-refractivity contribution in [2.75, 3.05) is 5.32 Å². The molecule has 0 spiro atoms. The van der Waals surface area contributed by atoms with E-state index in [4.69, 9.17) is 0 Å². The van der Waals surface area contributed by atoms with Crippen molar-refractivity contribution in [2.45, 2.75) is 11.9 Å². The van der Waals surface area contributed by atoms with Crippen LogP contribution < -0.4 is 10.0 Å². The molecule has 0 fully saturated rings. The van der Waals surface area contributed by atoms with E-state index in [9.17, 15) is 22.8 Å². The minimum absolute atomic E-state index is 0.0643. The second kappa shape index (κ2) is 6.29. The Labute approximate surface area is 105 Å². The second-order valence-corrected chi connectivity index (χ2v) is 3.99. The van der Waals surface area contributed by atoms with Gasteiger partial charge < -0.3 is 10.0 Å². The lowest BCUT2D eigenvalue weighted by molar-refractivity contribution is -0.167. The summed E-state index contributed by atoms with van der Waals surface area (Å²) in [5.74, 6) is -1.53. The maximum Gasteiger partial charge on any atom is 0.471 e. The maximum absolute atomic E-state index is 12.0. The molecule has 0 bridgehead atoms. The van der Waals surface area contributed by atoms with Crippen molar-refractivity contribution < 1.29 is 22.8 Å². The van der Waals surface area contributed by atoms with Gasteiger partial charge in [0.1, 0.15) is 0 Å². The smallest absolute Gasteiger partial charge is 0.318 e. The molecule has 0 atom stereocenters. The molecule has 1 aromatic rings. The molecule has 2 N–H and O–H groups in total. The molecule has 98 valence electrons. The monoisotopic (exact) mass is 278 g/mol. The van der Waals surface area contributed by atoms with Gasteiger partial charge in [0.25, 0.3) is 0 Å². The molecular weight excluding hydrogens is 269 g/mol. The zero-order valence-electron chi connectivity index (χ0n) is 8.95. The molecule has 0 aliphatic heterocycles. The van der Waals surface area contributed by atoms with Crippen molar-refractivity contribution in [2.24, 2.45) is 0 Å². The number of hydrogen-bond acceptors (Lipinski definition) is 3. The normalized spacial score (nSPS) is 10.8. The predicted octanol–water partition coefficient (Wildman–Crippen LogP) is 2.08. The standard InChI is InChI=1S/C10H9F3N2O2S/c11-10(12,13)9(17)15-8-3-1-7(2-4-8)5-18-14-6-16/h1-4,6H,5H2,(H,14,16)(H,15,17). The number of rotatable bonds is 5. The van der Waals surface area contributed by atoms with Crippen molar-refractivity contribution in [1.29, 1.82) is 0 Å². The van der Waals surface area contributed by atoms with Crippen LogP contribution >= 0.6 is 11.9 Å². The Morgan fingerprint density at radius 2 is 1.89 bits per heavy atom. The summed E-state index contributed by atoms with van der Waals surface area (Å²) in [6, 6.07) is 5.85. The molecule has 0 aliphatic rings. The van der Waals surface area contributed by atoms with Crippen molar-refractivity contribution in [3.05, 3.63) is 29.8 Å². The van der Waals surface area contributed by atoms with Crippen molar-refractivity contribution >= 4 is 30.0 Å². The van der Waals surface area contributed by atoms with Crippen LogP contribution in [-0.4, -0.2) is 18.5 Å². The number of carbonyl (C=O) groups excluding carboxylic acids is 2. The Morgan fingerprint density at radius 1 is 1.28 bits per heavy atom. The lowest BCUT2D eigenvalue weighted by atomic mass is 10.2. The van der Waals surface area contributed by atoms with E-state index < -0.39 is 12.1 Å². The molecule has 0 aliphatic carbocycles. The zero-order valence-corrected chi connectivity index (χ0v) is 9.77. The average Bonchev–Trinajstić information content (AvgIpc) is 2.30. The van der Waals surface area contributed by atoms with Crippen LogP contribution in [0.25, 0.3) is 0 Å². The van der Waals surface area contributed by atoms with Crippen LogP contribution in [0.3, 0.4) is 0 Å². The van der Waals surface area contributed by atoms with Gasteiger partial charge in [-0.3, -0.25) is 9.59 Å². The van der Waals surface area contributed by atoms with E-state index >= 15 is 0 Å². The molecule has 8 heteroatoms. The topological polar surface area (TPSA) is 58.2 Å². The van der Waals surface area contributed by atoms with Crippen LogP contribution in [0.15, 0.2) is 24.3 Å². The number of hydrogen-bond donors (Lipinski definition) is 2.